The molecule has 0 radical (unpaired) electrons. The van der Waals surface area contributed by atoms with Crippen LogP contribution in [-0.4, -0.2) is 47.7 Å². The van der Waals surface area contributed by atoms with Crippen LogP contribution in [0.2, 0.25) is 5.02 Å². The number of nitrogens with two attached hydrogens (primary N) is 1. The molecule has 0 aliphatic heterocycles. The number of hydrazine groups is 1. The highest BCUT2D eigenvalue weighted by molar-refractivity contribution is 6.33. The van der Waals surface area contributed by atoms with Gasteiger partial charge in [-0.25, -0.2) is 5.43 Å². The van der Waals surface area contributed by atoms with Crippen molar-refractivity contribution in [1.82, 2.24) is 21.5 Å². The number of nitrogens with one attached hydrogen (secondary N) is 4. The standard InChI is InChI=1S/C24H29ClF3N5O4/c1-23(2,3)19(32-20(35)14-9-10-16(29)15(25)11-14)22(37)31-18(13-7-5-4-6-8-13)21(36)33-30-12-17(34)24(26,27)28/h4-11,17-19,30,34H,12,29H2,1-3H3,(H,31,37)(H,32,35)(H,33,36). The Kier molecular flexibility index (Phi) is 9.90. The Morgan fingerprint density at radius 3 is 2.16 bits per heavy atom. The molecule has 0 heterocycles. The zero-order chi connectivity index (χ0) is 28.0. The van der Waals surface area contributed by atoms with Crippen LogP contribution in [0.15, 0.2) is 48.5 Å². The van der Waals surface area contributed by atoms with E-state index in [0.29, 0.717) is 5.56 Å². The number of aliphatic hydroxyl groups is 1. The summed E-state index contributed by atoms with van der Waals surface area (Å²) in [6.07, 6.45) is -7.59. The van der Waals surface area contributed by atoms with E-state index < -0.39 is 54.0 Å². The number of halogens is 4. The van der Waals surface area contributed by atoms with Crippen LogP contribution < -0.4 is 27.2 Å². The number of hydrogen-bond acceptors (Lipinski definition) is 6. The molecule has 3 amide bonds. The summed E-state index contributed by atoms with van der Waals surface area (Å²) in [7, 11) is 0. The fraction of sp³-hybridized carbons (Fsp3) is 0.375. The molecule has 7 N–H and O–H groups in total. The molecular weight excluding hydrogens is 515 g/mol. The molecule has 37 heavy (non-hydrogen) atoms. The fourth-order valence-corrected chi connectivity index (χ4v) is 3.33. The molecule has 2 aromatic rings. The van der Waals surface area contributed by atoms with Gasteiger partial charge < -0.3 is 21.5 Å². The van der Waals surface area contributed by atoms with Crippen LogP contribution in [0.3, 0.4) is 0 Å². The lowest BCUT2D eigenvalue weighted by Gasteiger charge is -2.32. The Balaban J connectivity index is 2.22. The molecule has 3 unspecified atom stereocenters. The molecule has 0 spiro atoms. The Morgan fingerprint density at radius 1 is 1.00 bits per heavy atom. The zero-order valence-corrected chi connectivity index (χ0v) is 21.1. The lowest BCUT2D eigenvalue weighted by molar-refractivity contribution is -0.202. The van der Waals surface area contributed by atoms with E-state index >= 15 is 0 Å². The second-order valence-electron chi connectivity index (χ2n) is 9.29. The molecule has 0 aromatic heterocycles. The van der Waals surface area contributed by atoms with Gasteiger partial charge in [-0.2, -0.15) is 13.2 Å². The van der Waals surface area contributed by atoms with Gasteiger partial charge in [0.1, 0.15) is 12.1 Å². The molecule has 13 heteroatoms. The van der Waals surface area contributed by atoms with Crippen molar-refractivity contribution in [3.05, 3.63) is 64.7 Å². The number of aliphatic hydroxyl groups excluding tert-OH is 1. The van der Waals surface area contributed by atoms with Crippen molar-refractivity contribution in [3.63, 3.8) is 0 Å². The maximum Gasteiger partial charge on any atom is 0.415 e. The van der Waals surface area contributed by atoms with Crippen LogP contribution in [-0.2, 0) is 9.59 Å². The Morgan fingerprint density at radius 2 is 1.62 bits per heavy atom. The van der Waals surface area contributed by atoms with Crippen molar-refractivity contribution in [2.75, 3.05) is 12.3 Å². The summed E-state index contributed by atoms with van der Waals surface area (Å²) in [5.41, 5.74) is 9.72. The van der Waals surface area contributed by atoms with Gasteiger partial charge in [-0.1, -0.05) is 62.7 Å². The molecular formula is C24H29ClF3N5O4. The minimum absolute atomic E-state index is 0.158. The SMILES string of the molecule is CC(C)(C)C(NC(=O)c1ccc(N)c(Cl)c1)C(=O)NC(C(=O)NNCC(O)C(F)(F)F)c1ccccc1. The van der Waals surface area contributed by atoms with Crippen LogP contribution in [0.5, 0.6) is 0 Å². The first-order chi connectivity index (χ1) is 17.1. The first kappa shape index (κ1) is 29.9. The fourth-order valence-electron chi connectivity index (χ4n) is 3.15. The summed E-state index contributed by atoms with van der Waals surface area (Å²) in [4.78, 5) is 39.0. The summed E-state index contributed by atoms with van der Waals surface area (Å²) in [6, 6.07) is 9.74. The van der Waals surface area contributed by atoms with Gasteiger partial charge >= 0.3 is 6.18 Å². The van der Waals surface area contributed by atoms with Gasteiger partial charge in [-0.3, -0.25) is 19.8 Å². The largest absolute Gasteiger partial charge is 0.415 e. The molecule has 202 valence electrons. The van der Waals surface area contributed by atoms with E-state index in [1.165, 1.54) is 30.3 Å². The van der Waals surface area contributed by atoms with Gasteiger partial charge in [0.05, 0.1) is 10.7 Å². The maximum absolute atomic E-state index is 13.3. The minimum Gasteiger partial charge on any atom is -0.398 e. The average Bonchev–Trinajstić information content (AvgIpc) is 2.81. The van der Waals surface area contributed by atoms with Gasteiger partial charge in [-0.15, -0.1) is 0 Å². The Bertz CT molecular complexity index is 1110. The number of amides is 3. The van der Waals surface area contributed by atoms with Crippen molar-refractivity contribution in [3.8, 4) is 0 Å². The highest BCUT2D eigenvalue weighted by Gasteiger charge is 2.38. The number of rotatable bonds is 9. The molecule has 2 rings (SSSR count). The summed E-state index contributed by atoms with van der Waals surface area (Å²) >= 11 is 5.99. The number of carbonyl (C=O) groups excluding carboxylic acids is 3. The number of alkyl halides is 3. The van der Waals surface area contributed by atoms with E-state index in [2.05, 4.69) is 16.1 Å². The number of nitrogen functional groups attached to an aromatic ring is 1. The summed E-state index contributed by atoms with van der Waals surface area (Å²) < 4.78 is 37.6. The van der Waals surface area contributed by atoms with Crippen LogP contribution >= 0.6 is 11.6 Å². The predicted octanol–water partition coefficient (Wildman–Crippen LogP) is 2.47. The van der Waals surface area contributed by atoms with Crippen molar-refractivity contribution < 1.29 is 32.7 Å². The van der Waals surface area contributed by atoms with Gasteiger partial charge in [0.25, 0.3) is 11.8 Å². The third kappa shape index (κ3) is 8.62. The molecule has 0 saturated heterocycles. The summed E-state index contributed by atoms with van der Waals surface area (Å²) in [5.74, 6) is -2.22. The van der Waals surface area contributed by atoms with Crippen molar-refractivity contribution in [1.29, 1.82) is 0 Å². The predicted molar refractivity (Wildman–Crippen MR) is 132 cm³/mol. The van der Waals surface area contributed by atoms with E-state index in [-0.39, 0.29) is 16.3 Å². The second kappa shape index (κ2) is 12.3. The van der Waals surface area contributed by atoms with Crippen molar-refractivity contribution >= 4 is 35.0 Å². The number of carbonyl (C=O) groups is 3. The molecule has 2 aromatic carbocycles. The molecule has 9 nitrogen and oxygen atoms in total. The minimum atomic E-state index is -4.88. The molecule has 0 fully saturated rings. The lowest BCUT2D eigenvalue weighted by atomic mass is 9.85. The zero-order valence-electron chi connectivity index (χ0n) is 20.3. The van der Waals surface area contributed by atoms with E-state index in [1.807, 2.05) is 5.43 Å². The lowest BCUT2D eigenvalue weighted by Crippen LogP contribution is -2.56. The molecule has 3 atom stereocenters. The van der Waals surface area contributed by atoms with Gasteiger partial charge in [-0.05, 0) is 29.2 Å². The van der Waals surface area contributed by atoms with E-state index in [0.717, 1.165) is 0 Å². The normalized spacial score (nSPS) is 14.3. The first-order valence-corrected chi connectivity index (χ1v) is 11.5. The topological polar surface area (TPSA) is 146 Å². The van der Waals surface area contributed by atoms with Crippen LogP contribution in [0.25, 0.3) is 0 Å². The van der Waals surface area contributed by atoms with Crippen molar-refractivity contribution in [2.24, 2.45) is 5.41 Å². The van der Waals surface area contributed by atoms with Gasteiger partial charge in [0.15, 0.2) is 6.10 Å². The molecule has 0 aliphatic carbocycles. The second-order valence-corrected chi connectivity index (χ2v) is 9.70. The number of hydrogen-bond donors (Lipinski definition) is 6. The highest BCUT2D eigenvalue weighted by atomic mass is 35.5. The molecule has 0 aliphatic rings. The third-order valence-corrected chi connectivity index (χ3v) is 5.56. The Hall–Kier alpha value is -3.35. The van der Waals surface area contributed by atoms with E-state index in [9.17, 15) is 27.6 Å². The van der Waals surface area contributed by atoms with E-state index in [1.54, 1.807) is 39.0 Å². The average molecular weight is 544 g/mol. The number of anilines is 1. The molecule has 0 bridgehead atoms. The monoisotopic (exact) mass is 543 g/mol. The summed E-state index contributed by atoms with van der Waals surface area (Å²) in [6.45, 7) is 4.09. The van der Waals surface area contributed by atoms with Crippen molar-refractivity contribution in [2.45, 2.75) is 45.1 Å². The smallest absolute Gasteiger partial charge is 0.398 e. The van der Waals surface area contributed by atoms with E-state index in [4.69, 9.17) is 22.4 Å². The van der Waals surface area contributed by atoms with Gasteiger partial charge in [0.2, 0.25) is 5.91 Å². The first-order valence-electron chi connectivity index (χ1n) is 11.1. The van der Waals surface area contributed by atoms with Crippen LogP contribution in [0, 0.1) is 5.41 Å². The quantitative estimate of drug-likeness (QED) is 0.212. The van der Waals surface area contributed by atoms with Crippen LogP contribution in [0.4, 0.5) is 18.9 Å². The third-order valence-electron chi connectivity index (χ3n) is 5.23. The molecule has 0 saturated carbocycles. The summed E-state index contributed by atoms with van der Waals surface area (Å²) in [5, 5.41) is 14.5. The highest BCUT2D eigenvalue weighted by Crippen LogP contribution is 2.24. The van der Waals surface area contributed by atoms with Gasteiger partial charge in [0, 0.05) is 12.1 Å². The number of benzene rings is 2. The van der Waals surface area contributed by atoms with Crippen LogP contribution in [0.1, 0.15) is 42.7 Å². The maximum atomic E-state index is 13.3. The Labute approximate surface area is 216 Å².